The van der Waals surface area contributed by atoms with Gasteiger partial charge in [0.05, 0.1) is 0 Å². The van der Waals surface area contributed by atoms with Gasteiger partial charge in [-0.2, -0.15) is 8.78 Å². The summed E-state index contributed by atoms with van der Waals surface area (Å²) in [7, 11) is 0. The van der Waals surface area contributed by atoms with Gasteiger partial charge in [0, 0.05) is 22.8 Å². The molecule has 1 nitrogen and oxygen atoms in total. The van der Waals surface area contributed by atoms with Crippen LogP contribution in [0.4, 0.5) is 30.7 Å². The second kappa shape index (κ2) is 11.7. The average molecular weight is 561 g/mol. The molecule has 0 radical (unpaired) electrons. The molecular weight excluding hydrogens is 533 g/mol. The summed E-state index contributed by atoms with van der Waals surface area (Å²) in [5.74, 6) is -7.43. The first-order chi connectivity index (χ1) is 18.9. The van der Waals surface area contributed by atoms with Gasteiger partial charge in [0.1, 0.15) is 40.4 Å². The molecule has 8 heteroatoms. The van der Waals surface area contributed by atoms with Crippen molar-refractivity contribution in [2.75, 3.05) is 0 Å². The lowest BCUT2D eigenvalue weighted by molar-refractivity contribution is -0.190. The summed E-state index contributed by atoms with van der Waals surface area (Å²) >= 11 is 0. The van der Waals surface area contributed by atoms with Gasteiger partial charge in [-0.25, -0.2) is 22.0 Å². The Morgan fingerprint density at radius 1 is 0.650 bits per heavy atom. The lowest BCUT2D eigenvalue weighted by atomic mass is 9.97. The van der Waals surface area contributed by atoms with Crippen LogP contribution < -0.4 is 4.74 Å². The zero-order chi connectivity index (χ0) is 29.2. The van der Waals surface area contributed by atoms with Crippen molar-refractivity contribution in [2.24, 2.45) is 0 Å². The molecule has 0 N–H and O–H groups in total. The Labute approximate surface area is 228 Å². The summed E-state index contributed by atoms with van der Waals surface area (Å²) in [5.41, 5.74) is -0.713. The SMILES string of the molecule is CCCCCc1ccc(-c2ccc(-c3cc(F)c(C(F)(F)Oc4cc(F)c(C)c(F)c4C)c(F)c3)c(F)c2)cc1. The molecule has 0 aliphatic rings. The smallest absolute Gasteiger partial charge is 0.428 e. The van der Waals surface area contributed by atoms with Crippen LogP contribution in [0.1, 0.15) is 48.4 Å². The minimum atomic E-state index is -4.63. The van der Waals surface area contributed by atoms with E-state index in [0.717, 1.165) is 50.7 Å². The van der Waals surface area contributed by atoms with Gasteiger partial charge in [-0.1, -0.05) is 56.2 Å². The van der Waals surface area contributed by atoms with Gasteiger partial charge < -0.3 is 4.74 Å². The number of rotatable bonds is 9. The maximum absolute atomic E-state index is 15.1. The van der Waals surface area contributed by atoms with E-state index in [-0.39, 0.29) is 11.1 Å². The van der Waals surface area contributed by atoms with E-state index in [9.17, 15) is 26.3 Å². The van der Waals surface area contributed by atoms with Crippen LogP contribution in [0.2, 0.25) is 0 Å². The molecule has 4 aromatic rings. The van der Waals surface area contributed by atoms with Crippen LogP contribution in [0.15, 0.2) is 60.7 Å². The highest BCUT2D eigenvalue weighted by Crippen LogP contribution is 2.39. The molecule has 0 atom stereocenters. The van der Waals surface area contributed by atoms with Crippen LogP contribution in [0, 0.1) is 42.9 Å². The fourth-order valence-electron chi connectivity index (χ4n) is 4.50. The monoisotopic (exact) mass is 560 g/mol. The molecule has 0 bridgehead atoms. The van der Waals surface area contributed by atoms with Gasteiger partial charge in [0.15, 0.2) is 0 Å². The zero-order valence-corrected chi connectivity index (χ0v) is 22.2. The van der Waals surface area contributed by atoms with E-state index in [1.165, 1.54) is 12.1 Å². The molecule has 0 aliphatic carbocycles. The second-order valence-electron chi connectivity index (χ2n) is 9.70. The third-order valence-electron chi connectivity index (χ3n) is 6.85. The van der Waals surface area contributed by atoms with E-state index in [2.05, 4.69) is 11.7 Å². The number of aryl methyl sites for hydroxylation is 1. The molecule has 0 fully saturated rings. The Hall–Kier alpha value is -3.81. The van der Waals surface area contributed by atoms with Crippen molar-refractivity contribution < 1.29 is 35.5 Å². The summed E-state index contributed by atoms with van der Waals surface area (Å²) in [5, 5.41) is 0. The fourth-order valence-corrected chi connectivity index (χ4v) is 4.50. The van der Waals surface area contributed by atoms with Crippen LogP contribution in [0.3, 0.4) is 0 Å². The Morgan fingerprint density at radius 3 is 1.85 bits per heavy atom. The number of alkyl halides is 2. The summed E-state index contributed by atoms with van der Waals surface area (Å²) in [4.78, 5) is 0. The summed E-state index contributed by atoms with van der Waals surface area (Å²) in [6.07, 6.45) is -0.362. The van der Waals surface area contributed by atoms with Gasteiger partial charge in [-0.3, -0.25) is 0 Å². The molecule has 0 saturated heterocycles. The van der Waals surface area contributed by atoms with Crippen molar-refractivity contribution in [3.05, 3.63) is 112 Å². The molecule has 4 rings (SSSR count). The molecule has 40 heavy (non-hydrogen) atoms. The molecule has 0 unspecified atom stereocenters. The standard InChI is InChI=1S/C32H27F7O/c1-4-5-6-7-20-8-10-21(11-9-20)22-12-13-24(26(34)14-22)23-15-27(35)30(28(36)16-23)32(38,39)40-29-17-25(33)18(2)31(37)19(29)3/h8-17H,4-7H2,1-3H3. The number of benzene rings is 4. The van der Waals surface area contributed by atoms with Crippen molar-refractivity contribution in [3.8, 4) is 28.0 Å². The topological polar surface area (TPSA) is 9.23 Å². The van der Waals surface area contributed by atoms with Crippen molar-refractivity contribution in [3.63, 3.8) is 0 Å². The highest BCUT2D eigenvalue weighted by molar-refractivity contribution is 5.71. The molecule has 4 aromatic carbocycles. The van der Waals surface area contributed by atoms with Crippen molar-refractivity contribution in [1.29, 1.82) is 0 Å². The van der Waals surface area contributed by atoms with E-state index in [1.54, 1.807) is 6.07 Å². The van der Waals surface area contributed by atoms with Crippen molar-refractivity contribution in [1.82, 2.24) is 0 Å². The molecule has 0 heterocycles. The van der Waals surface area contributed by atoms with Gasteiger partial charge >= 0.3 is 6.11 Å². The first-order valence-corrected chi connectivity index (χ1v) is 12.8. The quantitative estimate of drug-likeness (QED) is 0.146. The second-order valence-corrected chi connectivity index (χ2v) is 9.70. The number of halogens is 7. The number of hydrogen-bond acceptors (Lipinski definition) is 1. The lowest BCUT2D eigenvalue weighted by Gasteiger charge is -2.21. The molecule has 0 aliphatic heterocycles. The molecule has 210 valence electrons. The Balaban J connectivity index is 1.60. The van der Waals surface area contributed by atoms with Crippen molar-refractivity contribution in [2.45, 2.75) is 52.6 Å². The average Bonchev–Trinajstić information content (AvgIpc) is 2.90. The molecule has 0 aromatic heterocycles. The Bertz CT molecular complexity index is 1500. The van der Waals surface area contributed by atoms with Crippen LogP contribution in [0.5, 0.6) is 5.75 Å². The lowest BCUT2D eigenvalue weighted by Crippen LogP contribution is -2.26. The summed E-state index contributed by atoms with van der Waals surface area (Å²) < 4.78 is 107. The van der Waals surface area contributed by atoms with E-state index in [4.69, 9.17) is 0 Å². The first-order valence-electron chi connectivity index (χ1n) is 12.8. The van der Waals surface area contributed by atoms with Crippen molar-refractivity contribution >= 4 is 0 Å². The number of unbranched alkanes of at least 4 members (excludes halogenated alkanes) is 2. The third kappa shape index (κ3) is 6.01. The Morgan fingerprint density at radius 2 is 1.25 bits per heavy atom. The predicted molar refractivity (Wildman–Crippen MR) is 141 cm³/mol. The third-order valence-corrected chi connectivity index (χ3v) is 6.85. The highest BCUT2D eigenvalue weighted by Gasteiger charge is 2.42. The van der Waals surface area contributed by atoms with E-state index >= 15 is 4.39 Å². The largest absolute Gasteiger partial charge is 0.432 e. The van der Waals surface area contributed by atoms with E-state index in [1.807, 2.05) is 24.3 Å². The van der Waals surface area contributed by atoms with Crippen LogP contribution in [-0.4, -0.2) is 0 Å². The van der Waals surface area contributed by atoms with Crippen LogP contribution in [0.25, 0.3) is 22.3 Å². The molecular formula is C32H27F7O. The Kier molecular flexibility index (Phi) is 8.57. The van der Waals surface area contributed by atoms with Gasteiger partial charge in [-0.15, -0.1) is 0 Å². The van der Waals surface area contributed by atoms with E-state index < -0.39 is 57.6 Å². The predicted octanol–water partition coefficient (Wildman–Crippen LogP) is 10.2. The number of ether oxygens (including phenoxy) is 1. The highest BCUT2D eigenvalue weighted by atomic mass is 19.3. The van der Waals surface area contributed by atoms with Gasteiger partial charge in [0.2, 0.25) is 0 Å². The maximum atomic E-state index is 15.1. The molecule has 0 spiro atoms. The van der Waals surface area contributed by atoms with Gasteiger partial charge in [0.25, 0.3) is 0 Å². The van der Waals surface area contributed by atoms with Crippen LogP contribution >= 0.6 is 0 Å². The summed E-state index contributed by atoms with van der Waals surface area (Å²) in [6, 6.07) is 13.4. The minimum absolute atomic E-state index is 0.202. The first kappa shape index (κ1) is 29.2. The maximum Gasteiger partial charge on any atom is 0.432 e. The number of hydrogen-bond donors (Lipinski definition) is 0. The minimum Gasteiger partial charge on any atom is -0.428 e. The zero-order valence-electron chi connectivity index (χ0n) is 22.2. The normalized spacial score (nSPS) is 11.7. The summed E-state index contributed by atoms with van der Waals surface area (Å²) in [6.45, 7) is 4.30. The van der Waals surface area contributed by atoms with E-state index in [0.29, 0.717) is 23.8 Å². The molecule has 0 amide bonds. The van der Waals surface area contributed by atoms with Gasteiger partial charge in [-0.05, 0) is 67.1 Å². The molecule has 0 saturated carbocycles. The fraction of sp³-hybridized carbons (Fsp3) is 0.250. The van der Waals surface area contributed by atoms with Crippen LogP contribution in [-0.2, 0) is 12.5 Å².